The van der Waals surface area contributed by atoms with Crippen molar-refractivity contribution in [2.45, 2.75) is 25.3 Å². The van der Waals surface area contributed by atoms with Gasteiger partial charge in [0.15, 0.2) is 0 Å². The molecule has 0 saturated carbocycles. The van der Waals surface area contributed by atoms with Crippen LogP contribution < -0.4 is 11.1 Å². The van der Waals surface area contributed by atoms with Crippen LogP contribution in [0.5, 0.6) is 0 Å². The number of carboxylic acids is 1. The lowest BCUT2D eigenvalue weighted by Gasteiger charge is -2.12. The number of carboxylic acid groups (broad SMARTS) is 1. The molecule has 0 spiro atoms. The quantitative estimate of drug-likeness (QED) is 0.477. The Balaban J connectivity index is 2.29. The van der Waals surface area contributed by atoms with Crippen molar-refractivity contribution in [1.29, 1.82) is 0 Å². The van der Waals surface area contributed by atoms with Gasteiger partial charge in [-0.2, -0.15) is 0 Å². The van der Waals surface area contributed by atoms with Crippen LogP contribution in [-0.4, -0.2) is 39.5 Å². The number of hydrogen-bond acceptors (Lipinski definition) is 4. The van der Waals surface area contributed by atoms with E-state index < -0.39 is 17.9 Å². The number of nitrogens with two attached hydrogens (primary N) is 1. The third-order valence-corrected chi connectivity index (χ3v) is 2.28. The van der Waals surface area contributed by atoms with Gasteiger partial charge in [0.05, 0.1) is 0 Å². The van der Waals surface area contributed by atoms with Crippen molar-refractivity contribution in [3.05, 3.63) is 18.2 Å². The highest BCUT2D eigenvalue weighted by molar-refractivity contribution is 5.77. The van der Waals surface area contributed by atoms with Gasteiger partial charge in [0.2, 0.25) is 5.91 Å². The first-order chi connectivity index (χ1) is 8.09. The Hall–Kier alpha value is -1.89. The Morgan fingerprint density at radius 1 is 1.59 bits per heavy atom. The summed E-state index contributed by atoms with van der Waals surface area (Å²) in [5, 5.41) is 11.8. The number of primary amides is 1. The number of nitrogens with zero attached hydrogens (tertiary/aromatic N) is 1. The number of carbonyl (C=O) groups excluding carboxylic acids is 1. The molecular formula is C10H16N4O3. The Bertz CT molecular complexity index is 364. The Morgan fingerprint density at radius 3 is 2.88 bits per heavy atom. The van der Waals surface area contributed by atoms with Crippen LogP contribution in [0, 0.1) is 0 Å². The van der Waals surface area contributed by atoms with E-state index in [0.29, 0.717) is 13.0 Å². The standard InChI is InChI=1S/C10H16N4O3/c11-8(15)2-1-7(10(16)17)12-4-3-9-13-5-6-14-9/h5-7,12H,1-4H2,(H2,11,15)(H,13,14)(H,16,17). The second-order valence-electron chi connectivity index (χ2n) is 3.64. The number of carbonyl (C=O) groups is 2. The highest BCUT2D eigenvalue weighted by atomic mass is 16.4. The SMILES string of the molecule is NC(=O)CCC(NCCc1ncc[nH]1)C(=O)O. The molecule has 5 N–H and O–H groups in total. The number of aliphatic carboxylic acids is 1. The number of amides is 1. The van der Waals surface area contributed by atoms with Gasteiger partial charge in [-0.15, -0.1) is 0 Å². The van der Waals surface area contributed by atoms with Crippen molar-refractivity contribution >= 4 is 11.9 Å². The summed E-state index contributed by atoms with van der Waals surface area (Å²) in [4.78, 5) is 28.4. The smallest absolute Gasteiger partial charge is 0.320 e. The zero-order chi connectivity index (χ0) is 12.7. The van der Waals surface area contributed by atoms with E-state index in [1.807, 2.05) is 0 Å². The maximum Gasteiger partial charge on any atom is 0.320 e. The molecule has 1 rings (SSSR count). The number of hydrogen-bond donors (Lipinski definition) is 4. The Morgan fingerprint density at radius 2 is 2.35 bits per heavy atom. The highest BCUT2D eigenvalue weighted by Crippen LogP contribution is 1.98. The fraction of sp³-hybridized carbons (Fsp3) is 0.500. The number of H-pyrrole nitrogens is 1. The monoisotopic (exact) mass is 240 g/mol. The molecular weight excluding hydrogens is 224 g/mol. The fourth-order valence-corrected chi connectivity index (χ4v) is 1.40. The van der Waals surface area contributed by atoms with Crippen LogP contribution in [0.2, 0.25) is 0 Å². The molecule has 0 bridgehead atoms. The molecule has 1 heterocycles. The van der Waals surface area contributed by atoms with E-state index >= 15 is 0 Å². The third kappa shape index (κ3) is 5.12. The van der Waals surface area contributed by atoms with Crippen LogP contribution in [0.1, 0.15) is 18.7 Å². The number of nitrogens with one attached hydrogen (secondary N) is 2. The van der Waals surface area contributed by atoms with Gasteiger partial charge in [0.1, 0.15) is 11.9 Å². The van der Waals surface area contributed by atoms with Crippen LogP contribution in [0.15, 0.2) is 12.4 Å². The number of aromatic nitrogens is 2. The van der Waals surface area contributed by atoms with E-state index in [-0.39, 0.29) is 12.8 Å². The lowest BCUT2D eigenvalue weighted by molar-refractivity contribution is -0.139. The van der Waals surface area contributed by atoms with E-state index in [1.165, 1.54) is 0 Å². The van der Waals surface area contributed by atoms with E-state index in [4.69, 9.17) is 10.8 Å². The number of rotatable bonds is 8. The molecule has 7 heteroatoms. The predicted octanol–water partition coefficient (Wildman–Crippen LogP) is -0.740. The molecule has 1 unspecified atom stereocenters. The van der Waals surface area contributed by atoms with E-state index in [9.17, 15) is 9.59 Å². The molecule has 0 aliphatic carbocycles. The van der Waals surface area contributed by atoms with Crippen molar-refractivity contribution < 1.29 is 14.7 Å². The summed E-state index contributed by atoms with van der Waals surface area (Å²) in [6.07, 6.45) is 4.20. The topological polar surface area (TPSA) is 121 Å². The second-order valence-corrected chi connectivity index (χ2v) is 3.64. The highest BCUT2D eigenvalue weighted by Gasteiger charge is 2.17. The van der Waals surface area contributed by atoms with Gasteiger partial charge in [0.25, 0.3) is 0 Å². The fourth-order valence-electron chi connectivity index (χ4n) is 1.40. The van der Waals surface area contributed by atoms with Crippen LogP contribution >= 0.6 is 0 Å². The maximum atomic E-state index is 10.9. The van der Waals surface area contributed by atoms with Crippen molar-refractivity contribution in [2.75, 3.05) is 6.54 Å². The van der Waals surface area contributed by atoms with Gasteiger partial charge < -0.3 is 21.1 Å². The molecule has 1 amide bonds. The molecule has 0 radical (unpaired) electrons. The van der Waals surface area contributed by atoms with Gasteiger partial charge >= 0.3 is 5.97 Å². The van der Waals surface area contributed by atoms with Gasteiger partial charge in [-0.25, -0.2) is 4.98 Å². The normalized spacial score (nSPS) is 12.2. The molecule has 0 aliphatic heterocycles. The van der Waals surface area contributed by atoms with E-state index in [1.54, 1.807) is 12.4 Å². The number of imidazole rings is 1. The van der Waals surface area contributed by atoms with Crippen molar-refractivity contribution in [2.24, 2.45) is 5.73 Å². The minimum Gasteiger partial charge on any atom is -0.480 e. The van der Waals surface area contributed by atoms with E-state index in [2.05, 4.69) is 15.3 Å². The van der Waals surface area contributed by atoms with Crippen LogP contribution in [0.4, 0.5) is 0 Å². The molecule has 7 nitrogen and oxygen atoms in total. The summed E-state index contributed by atoms with van der Waals surface area (Å²) in [7, 11) is 0. The first kappa shape index (κ1) is 13.2. The van der Waals surface area contributed by atoms with Gasteiger partial charge in [-0.05, 0) is 6.42 Å². The van der Waals surface area contributed by atoms with Crippen LogP contribution in [0.3, 0.4) is 0 Å². The van der Waals surface area contributed by atoms with Gasteiger partial charge in [0, 0.05) is 31.8 Å². The zero-order valence-corrected chi connectivity index (χ0v) is 9.35. The Labute approximate surface area is 98.4 Å². The lowest BCUT2D eigenvalue weighted by Crippen LogP contribution is -2.38. The van der Waals surface area contributed by atoms with Crippen molar-refractivity contribution in [1.82, 2.24) is 15.3 Å². The molecule has 1 aromatic heterocycles. The zero-order valence-electron chi connectivity index (χ0n) is 9.35. The minimum atomic E-state index is -0.981. The van der Waals surface area contributed by atoms with E-state index in [0.717, 1.165) is 5.82 Å². The molecule has 0 fully saturated rings. The molecule has 94 valence electrons. The average molecular weight is 240 g/mol. The molecule has 1 aromatic rings. The first-order valence-corrected chi connectivity index (χ1v) is 5.32. The summed E-state index contributed by atoms with van der Waals surface area (Å²) >= 11 is 0. The summed E-state index contributed by atoms with van der Waals surface area (Å²) in [6, 6.07) is -0.752. The summed E-state index contributed by atoms with van der Waals surface area (Å²) in [5.41, 5.74) is 4.97. The molecule has 0 aromatic carbocycles. The molecule has 17 heavy (non-hydrogen) atoms. The Kier molecular flexibility index (Phi) is 5.15. The third-order valence-electron chi connectivity index (χ3n) is 2.28. The van der Waals surface area contributed by atoms with Crippen molar-refractivity contribution in [3.8, 4) is 0 Å². The second kappa shape index (κ2) is 6.64. The van der Waals surface area contributed by atoms with Gasteiger partial charge in [-0.1, -0.05) is 0 Å². The van der Waals surface area contributed by atoms with Crippen molar-refractivity contribution in [3.63, 3.8) is 0 Å². The summed E-state index contributed by atoms with van der Waals surface area (Å²) < 4.78 is 0. The molecule has 0 saturated heterocycles. The summed E-state index contributed by atoms with van der Waals surface area (Å²) in [6.45, 7) is 0.475. The largest absolute Gasteiger partial charge is 0.480 e. The molecule has 0 aliphatic rings. The average Bonchev–Trinajstić information content (AvgIpc) is 2.74. The maximum absolute atomic E-state index is 10.9. The van der Waals surface area contributed by atoms with Gasteiger partial charge in [-0.3, -0.25) is 9.59 Å². The molecule has 1 atom stereocenters. The summed E-state index contributed by atoms with van der Waals surface area (Å²) in [5.74, 6) is -0.689. The number of aromatic amines is 1. The predicted molar refractivity (Wildman–Crippen MR) is 60.1 cm³/mol. The lowest BCUT2D eigenvalue weighted by atomic mass is 10.1. The van der Waals surface area contributed by atoms with Crippen LogP contribution in [0.25, 0.3) is 0 Å². The minimum absolute atomic E-state index is 0.0602. The first-order valence-electron chi connectivity index (χ1n) is 5.32. The van der Waals surface area contributed by atoms with Crippen LogP contribution in [-0.2, 0) is 16.0 Å².